The minimum Gasteiger partial charge on any atom is -0.0654 e. The van der Waals surface area contributed by atoms with E-state index >= 15 is 0 Å². The van der Waals surface area contributed by atoms with Gasteiger partial charge in [-0.15, -0.1) is 0 Å². The van der Waals surface area contributed by atoms with Gasteiger partial charge < -0.3 is 0 Å². The summed E-state index contributed by atoms with van der Waals surface area (Å²) in [5.41, 5.74) is 0. The molecule has 1 aliphatic rings. The Kier molecular flexibility index (Phi) is 6.36. The predicted octanol–water partition coefficient (Wildman–Crippen LogP) is 5.42. The van der Waals surface area contributed by atoms with Crippen LogP contribution < -0.4 is 0 Å². The summed E-state index contributed by atoms with van der Waals surface area (Å²) in [4.78, 5) is 0. The van der Waals surface area contributed by atoms with Crippen LogP contribution in [-0.2, 0) is 0 Å². The quantitative estimate of drug-likeness (QED) is 0.514. The van der Waals surface area contributed by atoms with Gasteiger partial charge in [-0.1, -0.05) is 65.7 Å². The second kappa shape index (κ2) is 7.30. The van der Waals surface area contributed by atoms with Gasteiger partial charge in [-0.25, -0.2) is 0 Å². The molecular formula is C15H30. The van der Waals surface area contributed by atoms with Gasteiger partial charge >= 0.3 is 0 Å². The van der Waals surface area contributed by atoms with E-state index in [-0.39, 0.29) is 0 Å². The minimum absolute atomic E-state index is 0.974. The zero-order valence-electron chi connectivity index (χ0n) is 11.1. The fraction of sp³-hybridized carbons (Fsp3) is 1.00. The van der Waals surface area contributed by atoms with E-state index in [4.69, 9.17) is 0 Å². The highest BCUT2D eigenvalue weighted by molar-refractivity contribution is 4.75. The lowest BCUT2D eigenvalue weighted by atomic mass is 9.74. The van der Waals surface area contributed by atoms with Gasteiger partial charge in [0.15, 0.2) is 0 Å². The third-order valence-corrected chi connectivity index (χ3v) is 4.56. The molecule has 0 nitrogen and oxygen atoms in total. The second-order valence-corrected chi connectivity index (χ2v) is 5.66. The maximum atomic E-state index is 2.45. The lowest BCUT2D eigenvalue weighted by molar-refractivity contribution is 0.202. The van der Waals surface area contributed by atoms with Crippen molar-refractivity contribution in [2.75, 3.05) is 0 Å². The van der Waals surface area contributed by atoms with Crippen molar-refractivity contribution >= 4 is 0 Å². The number of rotatable bonds is 6. The summed E-state index contributed by atoms with van der Waals surface area (Å²) in [6, 6.07) is 0. The van der Waals surface area contributed by atoms with Crippen LogP contribution in [0.2, 0.25) is 0 Å². The molecule has 0 spiro atoms. The first-order valence-corrected chi connectivity index (χ1v) is 7.27. The van der Waals surface area contributed by atoms with Gasteiger partial charge in [-0.3, -0.25) is 0 Å². The van der Waals surface area contributed by atoms with Crippen molar-refractivity contribution in [2.45, 2.75) is 78.6 Å². The lowest BCUT2D eigenvalue weighted by Crippen LogP contribution is -2.19. The molecule has 0 aliphatic heterocycles. The molecule has 0 aromatic heterocycles. The van der Waals surface area contributed by atoms with Crippen LogP contribution in [-0.4, -0.2) is 0 Å². The molecule has 1 fully saturated rings. The van der Waals surface area contributed by atoms with Crippen molar-refractivity contribution in [2.24, 2.45) is 17.8 Å². The molecule has 15 heavy (non-hydrogen) atoms. The van der Waals surface area contributed by atoms with Gasteiger partial charge in [0.1, 0.15) is 0 Å². The van der Waals surface area contributed by atoms with E-state index in [0.717, 1.165) is 17.8 Å². The summed E-state index contributed by atoms with van der Waals surface area (Å²) in [6.07, 6.45) is 13.3. The molecule has 1 atom stereocenters. The molecule has 0 saturated heterocycles. The second-order valence-electron chi connectivity index (χ2n) is 5.66. The van der Waals surface area contributed by atoms with Gasteiger partial charge in [0.2, 0.25) is 0 Å². The van der Waals surface area contributed by atoms with Crippen LogP contribution in [0.5, 0.6) is 0 Å². The SMILES string of the molecule is CCCCCC1CCC(C(C)CC)CC1. The van der Waals surface area contributed by atoms with Crippen molar-refractivity contribution in [3.8, 4) is 0 Å². The van der Waals surface area contributed by atoms with Gasteiger partial charge in [0.05, 0.1) is 0 Å². The van der Waals surface area contributed by atoms with Gasteiger partial charge in [-0.2, -0.15) is 0 Å². The van der Waals surface area contributed by atoms with Gasteiger partial charge in [0, 0.05) is 0 Å². The fourth-order valence-corrected chi connectivity index (χ4v) is 3.06. The molecule has 0 heterocycles. The molecule has 0 aromatic carbocycles. The Morgan fingerprint density at radius 3 is 2.20 bits per heavy atom. The standard InChI is InChI=1S/C15H30/c1-4-6-7-8-14-9-11-15(12-10-14)13(3)5-2/h13-15H,4-12H2,1-3H3. The Labute approximate surface area is 96.8 Å². The highest BCUT2D eigenvalue weighted by Crippen LogP contribution is 2.36. The van der Waals surface area contributed by atoms with Crippen LogP contribution in [0, 0.1) is 17.8 Å². The van der Waals surface area contributed by atoms with Crippen LogP contribution in [0.15, 0.2) is 0 Å². The predicted molar refractivity (Wildman–Crippen MR) is 69.0 cm³/mol. The van der Waals surface area contributed by atoms with Crippen molar-refractivity contribution < 1.29 is 0 Å². The molecule has 0 N–H and O–H groups in total. The molecule has 0 amide bonds. The summed E-state index contributed by atoms with van der Waals surface area (Å²) in [7, 11) is 0. The van der Waals surface area contributed by atoms with E-state index in [9.17, 15) is 0 Å². The molecule has 0 aromatic rings. The summed E-state index contributed by atoms with van der Waals surface area (Å²) in [6.45, 7) is 7.10. The van der Waals surface area contributed by atoms with E-state index in [0.29, 0.717) is 0 Å². The number of hydrogen-bond donors (Lipinski definition) is 0. The molecule has 0 heteroatoms. The van der Waals surface area contributed by atoms with E-state index in [1.165, 1.54) is 57.8 Å². The zero-order valence-corrected chi connectivity index (χ0v) is 11.1. The van der Waals surface area contributed by atoms with Gasteiger partial charge in [-0.05, 0) is 30.6 Å². The summed E-state index contributed by atoms with van der Waals surface area (Å²) >= 11 is 0. The van der Waals surface area contributed by atoms with E-state index in [1.807, 2.05) is 0 Å². The smallest absolute Gasteiger partial charge is 0.0388 e. The first-order valence-electron chi connectivity index (χ1n) is 7.27. The van der Waals surface area contributed by atoms with Crippen LogP contribution in [0.1, 0.15) is 78.6 Å². The normalized spacial score (nSPS) is 29.0. The first kappa shape index (κ1) is 13.1. The lowest BCUT2D eigenvalue weighted by Gasteiger charge is -2.32. The van der Waals surface area contributed by atoms with Crippen LogP contribution in [0.3, 0.4) is 0 Å². The Hall–Kier alpha value is 0. The summed E-state index contributed by atoms with van der Waals surface area (Å²) in [5.74, 6) is 3.11. The Morgan fingerprint density at radius 1 is 1.00 bits per heavy atom. The molecule has 1 saturated carbocycles. The fourth-order valence-electron chi connectivity index (χ4n) is 3.06. The third-order valence-electron chi connectivity index (χ3n) is 4.56. The molecule has 0 bridgehead atoms. The van der Waals surface area contributed by atoms with Crippen molar-refractivity contribution in [1.29, 1.82) is 0 Å². The molecule has 1 rings (SSSR count). The van der Waals surface area contributed by atoms with Crippen LogP contribution in [0.4, 0.5) is 0 Å². The Morgan fingerprint density at radius 2 is 1.67 bits per heavy atom. The highest BCUT2D eigenvalue weighted by atomic mass is 14.3. The molecule has 1 unspecified atom stereocenters. The van der Waals surface area contributed by atoms with Crippen molar-refractivity contribution in [1.82, 2.24) is 0 Å². The van der Waals surface area contributed by atoms with Crippen LogP contribution >= 0.6 is 0 Å². The number of unbranched alkanes of at least 4 members (excludes halogenated alkanes) is 2. The van der Waals surface area contributed by atoms with E-state index in [2.05, 4.69) is 20.8 Å². The average Bonchev–Trinajstić information content (AvgIpc) is 2.29. The average molecular weight is 210 g/mol. The van der Waals surface area contributed by atoms with Crippen molar-refractivity contribution in [3.05, 3.63) is 0 Å². The van der Waals surface area contributed by atoms with Crippen LogP contribution in [0.25, 0.3) is 0 Å². The monoisotopic (exact) mass is 210 g/mol. The van der Waals surface area contributed by atoms with Gasteiger partial charge in [0.25, 0.3) is 0 Å². The summed E-state index contributed by atoms with van der Waals surface area (Å²) < 4.78 is 0. The third kappa shape index (κ3) is 4.57. The highest BCUT2D eigenvalue weighted by Gasteiger charge is 2.23. The molecule has 1 aliphatic carbocycles. The Bertz CT molecular complexity index is 142. The number of hydrogen-bond acceptors (Lipinski definition) is 0. The maximum Gasteiger partial charge on any atom is -0.0388 e. The van der Waals surface area contributed by atoms with E-state index < -0.39 is 0 Å². The largest absolute Gasteiger partial charge is 0.0654 e. The first-order chi connectivity index (χ1) is 7.27. The molecule has 90 valence electrons. The van der Waals surface area contributed by atoms with E-state index in [1.54, 1.807) is 0 Å². The summed E-state index contributed by atoms with van der Waals surface area (Å²) in [5, 5.41) is 0. The maximum absolute atomic E-state index is 2.45. The minimum atomic E-state index is 0.974. The molecule has 0 radical (unpaired) electrons. The molecular weight excluding hydrogens is 180 g/mol. The topological polar surface area (TPSA) is 0 Å². The zero-order chi connectivity index (χ0) is 11.1. The Balaban J connectivity index is 2.12. The van der Waals surface area contributed by atoms with Crippen molar-refractivity contribution in [3.63, 3.8) is 0 Å².